The fourth-order valence-corrected chi connectivity index (χ4v) is 1.15. The van der Waals surface area contributed by atoms with Gasteiger partial charge in [0.15, 0.2) is 10.2 Å². The van der Waals surface area contributed by atoms with Gasteiger partial charge >= 0.3 is 0 Å². The van der Waals surface area contributed by atoms with E-state index in [-0.39, 0.29) is 10.2 Å². The zero-order valence-electron chi connectivity index (χ0n) is 14.1. The van der Waals surface area contributed by atoms with E-state index >= 15 is 0 Å². The third-order valence-electron chi connectivity index (χ3n) is 1.73. The first-order valence-corrected chi connectivity index (χ1v) is 7.92. The molecule has 124 valence electrons. The molecule has 0 aliphatic carbocycles. The summed E-state index contributed by atoms with van der Waals surface area (Å²) in [5.74, 6) is 1.80. The van der Waals surface area contributed by atoms with Crippen molar-refractivity contribution in [3.63, 3.8) is 0 Å². The minimum atomic E-state index is 0.000000000000000222. The summed E-state index contributed by atoms with van der Waals surface area (Å²) in [5.41, 5.74) is 18.5. The van der Waals surface area contributed by atoms with Crippen LogP contribution in [-0.2, 0) is 0 Å². The molecular weight excluding hydrogens is 288 g/mol. The van der Waals surface area contributed by atoms with Crippen molar-refractivity contribution >= 4 is 34.7 Å². The van der Waals surface area contributed by atoms with Crippen LogP contribution in [0.1, 0.15) is 67.2 Å². The average molecular weight is 325 g/mol. The minimum absolute atomic E-state index is 0.000000000000000222. The summed E-state index contributed by atoms with van der Waals surface area (Å²) in [6.45, 7) is 13.5. The normalized spacial score (nSPS) is 8.40. The molecule has 0 heterocycles. The monoisotopic (exact) mass is 324 g/mol. The van der Waals surface area contributed by atoms with Gasteiger partial charge < -0.3 is 22.9 Å². The predicted octanol–water partition coefficient (Wildman–Crippen LogP) is 3.26. The summed E-state index contributed by atoms with van der Waals surface area (Å²) in [7, 11) is 0. The number of hydrogen-bond acceptors (Lipinski definition) is 2. The Morgan fingerprint density at radius 3 is 0.850 bits per heavy atom. The standard InChI is InChI=1S/2C6H14.2CH4N2S/c2*1-4-5-6(2)3;2*2-1(3)4/h2*6H,4-5H2,1-3H3;2*(H4,2,3,4). The molecule has 8 N–H and O–H groups in total. The third-order valence-corrected chi connectivity index (χ3v) is 1.73. The highest BCUT2D eigenvalue weighted by Crippen LogP contribution is 2.00. The molecule has 0 saturated carbocycles. The summed E-state index contributed by atoms with van der Waals surface area (Å²) in [5, 5.41) is 0.000000000000000444. The Labute approximate surface area is 137 Å². The molecule has 6 heteroatoms. The minimum Gasteiger partial charge on any atom is -0.377 e. The lowest BCUT2D eigenvalue weighted by molar-refractivity contribution is 0.576. The van der Waals surface area contributed by atoms with Crippen LogP contribution in [-0.4, -0.2) is 10.2 Å². The zero-order chi connectivity index (χ0) is 17.1. The molecule has 0 aliphatic heterocycles. The zero-order valence-corrected chi connectivity index (χ0v) is 15.7. The average Bonchev–Trinajstić information content (AvgIpc) is 2.15. The van der Waals surface area contributed by atoms with Crippen molar-refractivity contribution in [2.24, 2.45) is 34.8 Å². The molecule has 0 spiro atoms. The van der Waals surface area contributed by atoms with Crippen molar-refractivity contribution < 1.29 is 0 Å². The summed E-state index contributed by atoms with van der Waals surface area (Å²) < 4.78 is 0. The highest BCUT2D eigenvalue weighted by Gasteiger charge is 1.86. The van der Waals surface area contributed by atoms with Gasteiger partial charge in [0, 0.05) is 0 Å². The first kappa shape index (κ1) is 27.7. The Morgan fingerprint density at radius 1 is 0.700 bits per heavy atom. The van der Waals surface area contributed by atoms with E-state index in [0.29, 0.717) is 0 Å². The maximum Gasteiger partial charge on any atom is 0.160 e. The largest absolute Gasteiger partial charge is 0.377 e. The van der Waals surface area contributed by atoms with E-state index in [2.05, 4.69) is 88.9 Å². The van der Waals surface area contributed by atoms with E-state index in [1.54, 1.807) is 0 Å². The van der Waals surface area contributed by atoms with E-state index in [1.165, 1.54) is 25.7 Å². The van der Waals surface area contributed by atoms with Gasteiger partial charge in [0.2, 0.25) is 0 Å². The van der Waals surface area contributed by atoms with Gasteiger partial charge in [0.05, 0.1) is 0 Å². The maximum absolute atomic E-state index is 4.62. The van der Waals surface area contributed by atoms with Crippen LogP contribution in [0.5, 0.6) is 0 Å². The van der Waals surface area contributed by atoms with Crippen molar-refractivity contribution in [1.29, 1.82) is 0 Å². The van der Waals surface area contributed by atoms with E-state index in [0.717, 1.165) is 11.8 Å². The van der Waals surface area contributed by atoms with Crippen LogP contribution < -0.4 is 22.9 Å². The fourth-order valence-electron chi connectivity index (χ4n) is 1.15. The Kier molecular flexibility index (Phi) is 32.5. The van der Waals surface area contributed by atoms with Crippen molar-refractivity contribution in [1.82, 2.24) is 0 Å². The highest BCUT2D eigenvalue weighted by molar-refractivity contribution is 7.80. The van der Waals surface area contributed by atoms with E-state index < -0.39 is 0 Å². The van der Waals surface area contributed by atoms with Crippen LogP contribution in [0.2, 0.25) is 0 Å². The molecule has 0 saturated heterocycles. The van der Waals surface area contributed by atoms with Gasteiger partial charge in [0.25, 0.3) is 0 Å². The lowest BCUT2D eigenvalue weighted by atomic mass is 10.1. The molecule has 0 rings (SSSR count). The maximum atomic E-state index is 4.62. The summed E-state index contributed by atoms with van der Waals surface area (Å²) in [6.07, 6.45) is 5.41. The molecule has 0 amide bonds. The van der Waals surface area contributed by atoms with Gasteiger partial charge in [-0.3, -0.25) is 0 Å². The first-order valence-electron chi connectivity index (χ1n) is 7.10. The van der Waals surface area contributed by atoms with Crippen molar-refractivity contribution in [2.75, 3.05) is 0 Å². The van der Waals surface area contributed by atoms with Gasteiger partial charge in [0.1, 0.15) is 0 Å². The van der Waals surface area contributed by atoms with Crippen molar-refractivity contribution in [3.8, 4) is 0 Å². The second-order valence-corrected chi connectivity index (χ2v) is 6.11. The Morgan fingerprint density at radius 2 is 0.850 bits per heavy atom. The molecule has 0 bridgehead atoms. The van der Waals surface area contributed by atoms with Crippen molar-refractivity contribution in [3.05, 3.63) is 0 Å². The summed E-state index contributed by atoms with van der Waals surface area (Å²) >= 11 is 8.19. The van der Waals surface area contributed by atoms with Gasteiger partial charge in [-0.15, -0.1) is 0 Å². The molecular formula is C14H36N4S2. The second kappa shape index (κ2) is 23.5. The lowest BCUT2D eigenvalue weighted by Gasteiger charge is -1.95. The van der Waals surface area contributed by atoms with Crippen LogP contribution in [0, 0.1) is 11.8 Å². The molecule has 20 heavy (non-hydrogen) atoms. The summed E-state index contributed by atoms with van der Waals surface area (Å²) in [4.78, 5) is 0. The lowest BCUT2D eigenvalue weighted by Crippen LogP contribution is -2.18. The molecule has 0 aliphatic rings. The Hall–Kier alpha value is -0.620. The molecule has 0 aromatic heterocycles. The van der Waals surface area contributed by atoms with Gasteiger partial charge in [-0.2, -0.15) is 0 Å². The predicted molar refractivity (Wildman–Crippen MR) is 101 cm³/mol. The molecule has 0 aromatic rings. The quantitative estimate of drug-likeness (QED) is 0.592. The van der Waals surface area contributed by atoms with Crippen LogP contribution in [0.15, 0.2) is 0 Å². The van der Waals surface area contributed by atoms with Gasteiger partial charge in [-0.25, -0.2) is 0 Å². The number of nitrogens with two attached hydrogens (primary N) is 4. The van der Waals surface area contributed by atoms with Crippen LogP contribution in [0.25, 0.3) is 0 Å². The van der Waals surface area contributed by atoms with Crippen LogP contribution in [0.4, 0.5) is 0 Å². The summed E-state index contributed by atoms with van der Waals surface area (Å²) in [6, 6.07) is 0. The van der Waals surface area contributed by atoms with Crippen LogP contribution >= 0.6 is 24.4 Å². The third kappa shape index (κ3) is 161. The van der Waals surface area contributed by atoms with Crippen LogP contribution in [0.3, 0.4) is 0 Å². The molecule has 4 nitrogen and oxygen atoms in total. The van der Waals surface area contributed by atoms with E-state index in [1.807, 2.05) is 0 Å². The first-order chi connectivity index (χ1) is 9.00. The number of thiocarbonyl (C=S) groups is 2. The molecule has 0 unspecified atom stereocenters. The smallest absolute Gasteiger partial charge is 0.160 e. The molecule has 0 radical (unpaired) electrons. The fraction of sp³-hybridized carbons (Fsp3) is 0.857. The second-order valence-electron chi connectivity index (χ2n) is 5.17. The van der Waals surface area contributed by atoms with E-state index in [4.69, 9.17) is 0 Å². The van der Waals surface area contributed by atoms with E-state index in [9.17, 15) is 0 Å². The topological polar surface area (TPSA) is 104 Å². The highest BCUT2D eigenvalue weighted by atomic mass is 32.1. The number of rotatable bonds is 4. The van der Waals surface area contributed by atoms with Crippen molar-refractivity contribution in [2.45, 2.75) is 67.2 Å². The Bertz CT molecular complexity index is 177. The van der Waals surface area contributed by atoms with Gasteiger partial charge in [-0.1, -0.05) is 67.2 Å². The number of hydrogen-bond donors (Lipinski definition) is 4. The molecule has 0 atom stereocenters. The molecule has 0 fully saturated rings. The Balaban J connectivity index is -0.0000000871. The SMILES string of the molecule is CCCC(C)C.CCCC(C)C.NC(N)=S.NC(N)=S. The van der Waals surface area contributed by atoms with Gasteiger partial charge in [-0.05, 0) is 36.3 Å². The molecule has 0 aromatic carbocycles.